The second-order valence-corrected chi connectivity index (χ2v) is 3.41. The fourth-order valence-corrected chi connectivity index (χ4v) is 1.45. The number of aromatic nitrogens is 2. The molecule has 0 saturated heterocycles. The van der Waals surface area contributed by atoms with Crippen LogP contribution in [0.5, 0.6) is 0 Å². The maximum absolute atomic E-state index is 12.5. The summed E-state index contributed by atoms with van der Waals surface area (Å²) in [6.45, 7) is 1.35. The summed E-state index contributed by atoms with van der Waals surface area (Å²) in [5.41, 5.74) is -0.103. The molecule has 0 radical (unpaired) electrons. The molecule has 2 aromatic rings. The van der Waals surface area contributed by atoms with Crippen LogP contribution < -0.4 is 0 Å². The van der Waals surface area contributed by atoms with Gasteiger partial charge in [-0.25, -0.2) is 4.68 Å². The van der Waals surface area contributed by atoms with Crippen molar-refractivity contribution >= 4 is 0 Å². The van der Waals surface area contributed by atoms with Crippen molar-refractivity contribution < 1.29 is 13.2 Å². The van der Waals surface area contributed by atoms with Gasteiger partial charge in [0.05, 0.1) is 16.9 Å². The maximum atomic E-state index is 12.5. The van der Waals surface area contributed by atoms with Gasteiger partial charge in [-0.1, -0.05) is 18.2 Å². The number of hydrogen-bond acceptors (Lipinski definition) is 1. The van der Waals surface area contributed by atoms with Gasteiger partial charge >= 0.3 is 6.18 Å². The summed E-state index contributed by atoms with van der Waals surface area (Å²) < 4.78 is 38.8. The molecule has 0 aliphatic rings. The molecular weight excluding hydrogens is 217 g/mol. The van der Waals surface area contributed by atoms with E-state index in [1.807, 2.05) is 0 Å². The zero-order valence-electron chi connectivity index (χ0n) is 8.49. The fourth-order valence-electron chi connectivity index (χ4n) is 1.45. The van der Waals surface area contributed by atoms with Gasteiger partial charge in [-0.15, -0.1) is 0 Å². The molecule has 2 nitrogen and oxygen atoms in total. The molecule has 1 aromatic carbocycles. The van der Waals surface area contributed by atoms with Gasteiger partial charge in [0.2, 0.25) is 0 Å². The summed E-state index contributed by atoms with van der Waals surface area (Å²) in [6, 6.07) is 8.70. The third kappa shape index (κ3) is 1.93. The molecule has 0 unspecified atom stereocenters. The quantitative estimate of drug-likeness (QED) is 0.730. The molecule has 0 aliphatic carbocycles. The maximum Gasteiger partial charge on any atom is 0.419 e. The number of para-hydroxylation sites is 1. The Morgan fingerprint density at radius 2 is 1.75 bits per heavy atom. The van der Waals surface area contributed by atoms with Gasteiger partial charge in [-0.05, 0) is 19.1 Å². The summed E-state index contributed by atoms with van der Waals surface area (Å²) in [5.74, 6) is 0. The first-order valence-corrected chi connectivity index (χ1v) is 4.67. The van der Waals surface area contributed by atoms with Gasteiger partial charge in [0.25, 0.3) is 0 Å². The Morgan fingerprint density at radius 3 is 2.25 bits per heavy atom. The molecule has 0 amide bonds. The number of aryl methyl sites for hydroxylation is 1. The largest absolute Gasteiger partial charge is 0.419 e. The Balaban J connectivity index is 2.47. The Morgan fingerprint density at radius 1 is 1.12 bits per heavy atom. The zero-order valence-corrected chi connectivity index (χ0v) is 8.49. The molecule has 2 rings (SSSR count). The standard InChI is InChI=1S/C11H9F3N2/c1-8-10(11(12,13)14)7-16(15-8)9-5-3-2-4-6-9/h2-7H,1H3. The highest BCUT2D eigenvalue weighted by atomic mass is 19.4. The van der Waals surface area contributed by atoms with E-state index in [0.29, 0.717) is 5.69 Å². The third-order valence-corrected chi connectivity index (χ3v) is 2.23. The van der Waals surface area contributed by atoms with Gasteiger partial charge < -0.3 is 0 Å². The predicted octanol–water partition coefficient (Wildman–Crippen LogP) is 3.20. The van der Waals surface area contributed by atoms with Crippen LogP contribution in [0.3, 0.4) is 0 Å². The Hall–Kier alpha value is -1.78. The lowest BCUT2D eigenvalue weighted by Crippen LogP contribution is -2.05. The lowest BCUT2D eigenvalue weighted by atomic mass is 10.2. The van der Waals surface area contributed by atoms with E-state index in [0.717, 1.165) is 6.20 Å². The van der Waals surface area contributed by atoms with E-state index in [-0.39, 0.29) is 5.69 Å². The molecule has 0 saturated carbocycles. The van der Waals surface area contributed by atoms with E-state index in [9.17, 15) is 13.2 Å². The number of alkyl halides is 3. The Labute approximate surface area is 90.3 Å². The van der Waals surface area contributed by atoms with Crippen LogP contribution in [-0.4, -0.2) is 9.78 Å². The van der Waals surface area contributed by atoms with Gasteiger partial charge in [0.1, 0.15) is 0 Å². The van der Waals surface area contributed by atoms with E-state index < -0.39 is 11.7 Å². The van der Waals surface area contributed by atoms with Crippen LogP contribution in [0, 0.1) is 6.92 Å². The normalized spacial score (nSPS) is 11.8. The SMILES string of the molecule is Cc1nn(-c2ccccc2)cc1C(F)(F)F. The van der Waals surface area contributed by atoms with Gasteiger partial charge in [-0.2, -0.15) is 18.3 Å². The molecule has 0 atom stereocenters. The second-order valence-electron chi connectivity index (χ2n) is 3.41. The topological polar surface area (TPSA) is 17.8 Å². The molecule has 0 bridgehead atoms. The average Bonchev–Trinajstić information content (AvgIpc) is 2.61. The first-order valence-electron chi connectivity index (χ1n) is 4.67. The van der Waals surface area contributed by atoms with Crippen LogP contribution in [0.1, 0.15) is 11.3 Å². The van der Waals surface area contributed by atoms with Crippen molar-refractivity contribution in [3.63, 3.8) is 0 Å². The van der Waals surface area contributed by atoms with Crippen molar-refractivity contribution in [1.29, 1.82) is 0 Å². The number of halogens is 3. The molecule has 84 valence electrons. The highest BCUT2D eigenvalue weighted by molar-refractivity contribution is 5.33. The lowest BCUT2D eigenvalue weighted by Gasteiger charge is -2.02. The van der Waals surface area contributed by atoms with E-state index in [1.165, 1.54) is 11.6 Å². The molecule has 1 aromatic heterocycles. The van der Waals surface area contributed by atoms with Gasteiger partial charge in [0, 0.05) is 6.20 Å². The van der Waals surface area contributed by atoms with Gasteiger partial charge in [0.15, 0.2) is 0 Å². The van der Waals surface area contributed by atoms with Crippen LogP contribution in [0.2, 0.25) is 0 Å². The van der Waals surface area contributed by atoms with Crippen LogP contribution in [0.4, 0.5) is 13.2 Å². The van der Waals surface area contributed by atoms with Crippen LogP contribution >= 0.6 is 0 Å². The van der Waals surface area contributed by atoms with Crippen molar-refractivity contribution in [3.05, 3.63) is 47.8 Å². The fraction of sp³-hybridized carbons (Fsp3) is 0.182. The minimum atomic E-state index is -4.35. The van der Waals surface area contributed by atoms with Crippen LogP contribution in [-0.2, 0) is 6.18 Å². The first-order chi connectivity index (χ1) is 7.48. The van der Waals surface area contributed by atoms with Crippen LogP contribution in [0.25, 0.3) is 5.69 Å². The highest BCUT2D eigenvalue weighted by Crippen LogP contribution is 2.31. The van der Waals surface area contributed by atoms with Crippen molar-refractivity contribution in [2.45, 2.75) is 13.1 Å². The summed E-state index contributed by atoms with van der Waals surface area (Å²) in [5, 5.41) is 3.84. The zero-order chi connectivity index (χ0) is 11.8. The van der Waals surface area contributed by atoms with Gasteiger partial charge in [-0.3, -0.25) is 0 Å². The number of nitrogens with zero attached hydrogens (tertiary/aromatic N) is 2. The van der Waals surface area contributed by atoms with E-state index >= 15 is 0 Å². The highest BCUT2D eigenvalue weighted by Gasteiger charge is 2.34. The van der Waals surface area contributed by atoms with Crippen molar-refractivity contribution in [2.75, 3.05) is 0 Å². The third-order valence-electron chi connectivity index (χ3n) is 2.23. The van der Waals surface area contributed by atoms with Crippen molar-refractivity contribution in [2.24, 2.45) is 0 Å². The van der Waals surface area contributed by atoms with E-state index in [2.05, 4.69) is 5.10 Å². The molecule has 0 spiro atoms. The summed E-state index contributed by atoms with van der Waals surface area (Å²) in [7, 11) is 0. The molecule has 0 N–H and O–H groups in total. The second kappa shape index (κ2) is 3.66. The van der Waals surface area contributed by atoms with Crippen molar-refractivity contribution in [1.82, 2.24) is 9.78 Å². The monoisotopic (exact) mass is 226 g/mol. The summed E-state index contributed by atoms with van der Waals surface area (Å²) >= 11 is 0. The van der Waals surface area contributed by atoms with E-state index in [4.69, 9.17) is 0 Å². The lowest BCUT2D eigenvalue weighted by molar-refractivity contribution is -0.138. The smallest absolute Gasteiger partial charge is 0.240 e. The Bertz CT molecular complexity index is 486. The number of rotatable bonds is 1. The minimum Gasteiger partial charge on any atom is -0.240 e. The molecule has 16 heavy (non-hydrogen) atoms. The molecule has 1 heterocycles. The molecular formula is C11H9F3N2. The first kappa shape index (κ1) is 10.7. The van der Waals surface area contributed by atoms with E-state index in [1.54, 1.807) is 30.3 Å². The molecule has 0 fully saturated rings. The molecule has 0 aliphatic heterocycles. The minimum absolute atomic E-state index is 0.0173. The Kier molecular flexibility index (Phi) is 2.46. The van der Waals surface area contributed by atoms with Crippen LogP contribution in [0.15, 0.2) is 36.5 Å². The number of hydrogen-bond donors (Lipinski definition) is 0. The predicted molar refractivity (Wildman–Crippen MR) is 53.3 cm³/mol. The molecule has 5 heteroatoms. The summed E-state index contributed by atoms with van der Waals surface area (Å²) in [4.78, 5) is 0. The van der Waals surface area contributed by atoms with Crippen molar-refractivity contribution in [3.8, 4) is 5.69 Å². The summed E-state index contributed by atoms with van der Waals surface area (Å²) in [6.07, 6.45) is -3.35. The number of benzene rings is 1. The average molecular weight is 226 g/mol.